The van der Waals surface area contributed by atoms with E-state index in [-0.39, 0.29) is 12.5 Å². The standard InChI is InChI=1S/C14H12N4O/c15-6-2-4-11-3-1-5-12(7-11)14(19)18-13-8-16-10-17-9-13/h1,3,5,7-10H,6,15H2,(H,18,19). The molecule has 2 rings (SSSR count). The van der Waals surface area contributed by atoms with Crippen LogP contribution in [-0.2, 0) is 0 Å². The highest BCUT2D eigenvalue weighted by atomic mass is 16.1. The van der Waals surface area contributed by atoms with Gasteiger partial charge in [-0.05, 0) is 18.2 Å². The molecule has 0 fully saturated rings. The van der Waals surface area contributed by atoms with Crippen molar-refractivity contribution in [1.29, 1.82) is 0 Å². The number of aromatic nitrogens is 2. The maximum Gasteiger partial charge on any atom is 0.255 e. The van der Waals surface area contributed by atoms with Gasteiger partial charge in [0.1, 0.15) is 6.33 Å². The van der Waals surface area contributed by atoms with Gasteiger partial charge in [-0.2, -0.15) is 0 Å². The molecule has 19 heavy (non-hydrogen) atoms. The summed E-state index contributed by atoms with van der Waals surface area (Å²) < 4.78 is 0. The van der Waals surface area contributed by atoms with Crippen LogP contribution in [0.1, 0.15) is 15.9 Å². The third-order valence-corrected chi connectivity index (χ3v) is 2.28. The lowest BCUT2D eigenvalue weighted by atomic mass is 10.1. The van der Waals surface area contributed by atoms with E-state index >= 15 is 0 Å². The molecule has 0 aliphatic carbocycles. The average molecular weight is 252 g/mol. The van der Waals surface area contributed by atoms with Crippen LogP contribution in [0, 0.1) is 11.8 Å². The number of nitrogens with two attached hydrogens (primary N) is 1. The summed E-state index contributed by atoms with van der Waals surface area (Å²) >= 11 is 0. The van der Waals surface area contributed by atoms with E-state index in [4.69, 9.17) is 5.73 Å². The van der Waals surface area contributed by atoms with Crippen molar-refractivity contribution in [2.45, 2.75) is 0 Å². The number of hydrogen-bond donors (Lipinski definition) is 2. The third kappa shape index (κ3) is 3.63. The van der Waals surface area contributed by atoms with Crippen LogP contribution in [0.3, 0.4) is 0 Å². The average Bonchev–Trinajstić information content (AvgIpc) is 2.46. The van der Waals surface area contributed by atoms with Gasteiger partial charge >= 0.3 is 0 Å². The SMILES string of the molecule is NCC#Cc1cccc(C(=O)Nc2cncnc2)c1. The largest absolute Gasteiger partial charge is 0.320 e. The van der Waals surface area contributed by atoms with Gasteiger partial charge in [0.05, 0.1) is 24.6 Å². The maximum atomic E-state index is 12.0. The van der Waals surface area contributed by atoms with E-state index in [1.54, 1.807) is 18.2 Å². The van der Waals surface area contributed by atoms with Gasteiger partial charge in [-0.1, -0.05) is 17.9 Å². The fourth-order valence-corrected chi connectivity index (χ4v) is 1.46. The molecule has 5 heteroatoms. The fourth-order valence-electron chi connectivity index (χ4n) is 1.46. The van der Waals surface area contributed by atoms with E-state index in [1.165, 1.54) is 18.7 Å². The molecule has 1 aromatic carbocycles. The quantitative estimate of drug-likeness (QED) is 0.782. The summed E-state index contributed by atoms with van der Waals surface area (Å²) in [6.45, 7) is 0.289. The van der Waals surface area contributed by atoms with E-state index in [0.29, 0.717) is 11.3 Å². The Kier molecular flexibility index (Phi) is 4.21. The zero-order valence-corrected chi connectivity index (χ0v) is 10.1. The molecule has 3 N–H and O–H groups in total. The smallest absolute Gasteiger partial charge is 0.255 e. The minimum atomic E-state index is -0.230. The number of rotatable bonds is 2. The molecular formula is C14H12N4O. The number of amides is 1. The molecule has 0 saturated carbocycles. The minimum Gasteiger partial charge on any atom is -0.320 e. The number of nitrogens with zero attached hydrogens (tertiary/aromatic N) is 2. The molecule has 0 spiro atoms. The zero-order chi connectivity index (χ0) is 13.5. The number of benzene rings is 1. The second kappa shape index (κ2) is 6.28. The molecule has 0 unspecified atom stereocenters. The van der Waals surface area contributed by atoms with Crippen molar-refractivity contribution in [2.24, 2.45) is 5.73 Å². The van der Waals surface area contributed by atoms with Gasteiger partial charge in [-0.25, -0.2) is 9.97 Å². The highest BCUT2D eigenvalue weighted by Crippen LogP contribution is 2.08. The predicted molar refractivity (Wildman–Crippen MR) is 72.4 cm³/mol. The van der Waals surface area contributed by atoms with E-state index in [2.05, 4.69) is 27.1 Å². The van der Waals surface area contributed by atoms with Crippen LogP contribution in [0.2, 0.25) is 0 Å². The molecule has 1 heterocycles. The van der Waals surface area contributed by atoms with Crippen LogP contribution >= 0.6 is 0 Å². The lowest BCUT2D eigenvalue weighted by Gasteiger charge is -2.04. The van der Waals surface area contributed by atoms with Gasteiger partial charge < -0.3 is 11.1 Å². The first kappa shape index (κ1) is 12.7. The number of carbonyl (C=O) groups excluding carboxylic acids is 1. The summed E-state index contributed by atoms with van der Waals surface area (Å²) in [5.41, 5.74) is 7.13. The highest BCUT2D eigenvalue weighted by Gasteiger charge is 2.06. The van der Waals surface area contributed by atoms with Crippen molar-refractivity contribution in [1.82, 2.24) is 9.97 Å². The topological polar surface area (TPSA) is 80.9 Å². The second-order valence-electron chi connectivity index (χ2n) is 3.67. The van der Waals surface area contributed by atoms with Crippen molar-refractivity contribution in [3.05, 3.63) is 54.1 Å². The minimum absolute atomic E-state index is 0.230. The molecule has 2 aromatic rings. The van der Waals surface area contributed by atoms with Crippen LogP contribution in [0.15, 0.2) is 43.0 Å². The third-order valence-electron chi connectivity index (χ3n) is 2.28. The summed E-state index contributed by atoms with van der Waals surface area (Å²) in [6.07, 6.45) is 4.46. The Morgan fingerprint density at radius 2 is 2.11 bits per heavy atom. The van der Waals surface area contributed by atoms with E-state index in [1.807, 2.05) is 6.07 Å². The van der Waals surface area contributed by atoms with Crippen molar-refractivity contribution >= 4 is 11.6 Å². The molecule has 1 amide bonds. The molecule has 5 nitrogen and oxygen atoms in total. The van der Waals surface area contributed by atoms with Gasteiger partial charge in [0.25, 0.3) is 5.91 Å². The summed E-state index contributed by atoms with van der Waals surface area (Å²) in [6, 6.07) is 7.02. The number of carbonyl (C=O) groups is 1. The second-order valence-corrected chi connectivity index (χ2v) is 3.67. The fraction of sp³-hybridized carbons (Fsp3) is 0.0714. The normalized spacial score (nSPS) is 9.32. The summed E-state index contributed by atoms with van der Waals surface area (Å²) in [4.78, 5) is 19.7. The van der Waals surface area contributed by atoms with Gasteiger partial charge in [-0.3, -0.25) is 4.79 Å². The van der Waals surface area contributed by atoms with Crippen molar-refractivity contribution in [2.75, 3.05) is 11.9 Å². The Hall–Kier alpha value is -2.71. The molecule has 0 saturated heterocycles. The summed E-state index contributed by atoms with van der Waals surface area (Å²) in [5.74, 6) is 5.40. The molecule has 0 radical (unpaired) electrons. The number of nitrogens with one attached hydrogen (secondary N) is 1. The van der Waals surface area contributed by atoms with Gasteiger partial charge in [0, 0.05) is 11.1 Å². The van der Waals surface area contributed by atoms with Crippen molar-refractivity contribution in [3.8, 4) is 11.8 Å². The first-order chi connectivity index (χ1) is 9.29. The molecule has 0 bridgehead atoms. The van der Waals surface area contributed by atoms with Gasteiger partial charge in [-0.15, -0.1) is 0 Å². The van der Waals surface area contributed by atoms with Crippen LogP contribution in [0.4, 0.5) is 5.69 Å². The Morgan fingerprint density at radius 3 is 2.84 bits per heavy atom. The van der Waals surface area contributed by atoms with E-state index < -0.39 is 0 Å². The van der Waals surface area contributed by atoms with Crippen LogP contribution in [-0.4, -0.2) is 22.4 Å². The monoisotopic (exact) mass is 252 g/mol. The Morgan fingerprint density at radius 1 is 1.32 bits per heavy atom. The maximum absolute atomic E-state index is 12.0. The summed E-state index contributed by atoms with van der Waals surface area (Å²) in [7, 11) is 0. The van der Waals surface area contributed by atoms with Crippen LogP contribution < -0.4 is 11.1 Å². The van der Waals surface area contributed by atoms with Gasteiger partial charge in [0.2, 0.25) is 0 Å². The number of hydrogen-bond acceptors (Lipinski definition) is 4. The van der Waals surface area contributed by atoms with E-state index in [9.17, 15) is 4.79 Å². The molecule has 0 aliphatic heterocycles. The van der Waals surface area contributed by atoms with Gasteiger partial charge in [0.15, 0.2) is 0 Å². The number of anilines is 1. The molecular weight excluding hydrogens is 240 g/mol. The molecule has 0 atom stereocenters. The molecule has 94 valence electrons. The van der Waals surface area contributed by atoms with Crippen molar-refractivity contribution in [3.63, 3.8) is 0 Å². The Balaban J connectivity index is 2.15. The molecule has 1 aromatic heterocycles. The Labute approximate surface area is 110 Å². The molecule has 0 aliphatic rings. The first-order valence-corrected chi connectivity index (χ1v) is 5.65. The van der Waals surface area contributed by atoms with Crippen LogP contribution in [0.25, 0.3) is 0 Å². The predicted octanol–water partition coefficient (Wildman–Crippen LogP) is 1.04. The lowest BCUT2D eigenvalue weighted by molar-refractivity contribution is 0.102. The van der Waals surface area contributed by atoms with E-state index in [0.717, 1.165) is 5.56 Å². The first-order valence-electron chi connectivity index (χ1n) is 5.65. The summed E-state index contributed by atoms with van der Waals surface area (Å²) in [5, 5.41) is 2.70. The van der Waals surface area contributed by atoms with Crippen molar-refractivity contribution < 1.29 is 4.79 Å². The highest BCUT2D eigenvalue weighted by molar-refractivity contribution is 6.04. The zero-order valence-electron chi connectivity index (χ0n) is 10.1. The Bertz CT molecular complexity index is 629. The lowest BCUT2D eigenvalue weighted by Crippen LogP contribution is -2.12. The van der Waals surface area contributed by atoms with Crippen LogP contribution in [0.5, 0.6) is 0 Å².